The van der Waals surface area contributed by atoms with Crippen LogP contribution in [0.25, 0.3) is 10.6 Å². The molecule has 2 heterocycles. The molecule has 0 N–H and O–H groups in total. The van der Waals surface area contributed by atoms with E-state index in [9.17, 15) is 4.79 Å². The number of anilines is 1. The van der Waals surface area contributed by atoms with E-state index in [-0.39, 0.29) is 5.91 Å². The van der Waals surface area contributed by atoms with Crippen LogP contribution < -0.4 is 14.4 Å². The SMILES string of the molecule is COc1ccc(-c2nc(CSCC(=O)N3CCN(c4ccc(OC)cc4)CC3)cs2)cc1. The Balaban J connectivity index is 1.21. The molecule has 1 amide bonds. The van der Waals surface area contributed by atoms with E-state index in [0.717, 1.165) is 59.7 Å². The van der Waals surface area contributed by atoms with Crippen molar-refractivity contribution >= 4 is 34.7 Å². The first-order chi connectivity index (χ1) is 15.7. The highest BCUT2D eigenvalue weighted by Gasteiger charge is 2.21. The van der Waals surface area contributed by atoms with Crippen LogP contribution in [0.1, 0.15) is 5.69 Å². The summed E-state index contributed by atoms with van der Waals surface area (Å²) in [6, 6.07) is 16.0. The van der Waals surface area contributed by atoms with Gasteiger partial charge in [0, 0.05) is 48.6 Å². The number of thiazole rings is 1. The van der Waals surface area contributed by atoms with Gasteiger partial charge in [-0.2, -0.15) is 0 Å². The van der Waals surface area contributed by atoms with E-state index in [0.29, 0.717) is 5.75 Å². The number of benzene rings is 2. The number of carbonyl (C=O) groups is 1. The van der Waals surface area contributed by atoms with Crippen LogP contribution in [-0.2, 0) is 10.5 Å². The summed E-state index contributed by atoms with van der Waals surface area (Å²) in [5.41, 5.74) is 3.27. The van der Waals surface area contributed by atoms with E-state index in [1.807, 2.05) is 41.3 Å². The summed E-state index contributed by atoms with van der Waals surface area (Å²) in [4.78, 5) is 21.6. The lowest BCUT2D eigenvalue weighted by Crippen LogP contribution is -2.49. The summed E-state index contributed by atoms with van der Waals surface area (Å²) in [5.74, 6) is 3.12. The van der Waals surface area contributed by atoms with Crippen molar-refractivity contribution in [3.63, 3.8) is 0 Å². The number of nitrogens with zero attached hydrogens (tertiary/aromatic N) is 3. The molecule has 0 radical (unpaired) electrons. The number of rotatable bonds is 8. The molecular formula is C24H27N3O3S2. The standard InChI is InChI=1S/C24H27N3O3S2/c1-29-21-7-3-18(4-8-21)24-25-19(16-32-24)15-31-17-23(28)27-13-11-26(12-14-27)20-5-9-22(30-2)10-6-20/h3-10,16H,11-15,17H2,1-2H3. The minimum Gasteiger partial charge on any atom is -0.497 e. The van der Waals surface area contributed by atoms with Gasteiger partial charge in [-0.15, -0.1) is 23.1 Å². The number of methoxy groups -OCH3 is 2. The summed E-state index contributed by atoms with van der Waals surface area (Å²) in [7, 11) is 3.33. The monoisotopic (exact) mass is 469 g/mol. The second kappa shape index (κ2) is 10.7. The van der Waals surface area contributed by atoms with Crippen LogP contribution >= 0.6 is 23.1 Å². The van der Waals surface area contributed by atoms with Gasteiger partial charge in [0.15, 0.2) is 0 Å². The highest BCUT2D eigenvalue weighted by Crippen LogP contribution is 2.27. The van der Waals surface area contributed by atoms with E-state index in [4.69, 9.17) is 14.5 Å². The van der Waals surface area contributed by atoms with Gasteiger partial charge in [-0.3, -0.25) is 4.79 Å². The normalized spacial score (nSPS) is 13.8. The van der Waals surface area contributed by atoms with Gasteiger partial charge in [-0.05, 0) is 48.5 Å². The molecule has 0 bridgehead atoms. The van der Waals surface area contributed by atoms with Gasteiger partial charge in [0.1, 0.15) is 16.5 Å². The summed E-state index contributed by atoms with van der Waals surface area (Å²) in [6.45, 7) is 3.20. The van der Waals surface area contributed by atoms with Crippen LogP contribution in [0.2, 0.25) is 0 Å². The van der Waals surface area contributed by atoms with E-state index in [2.05, 4.69) is 22.4 Å². The van der Waals surface area contributed by atoms with Crippen molar-refractivity contribution in [2.45, 2.75) is 5.75 Å². The van der Waals surface area contributed by atoms with Crippen molar-refractivity contribution in [2.24, 2.45) is 0 Å². The van der Waals surface area contributed by atoms with Crippen LogP contribution in [0.15, 0.2) is 53.9 Å². The second-order valence-corrected chi connectivity index (χ2v) is 9.27. The quantitative estimate of drug-likeness (QED) is 0.487. The van der Waals surface area contributed by atoms with Crippen LogP contribution in [-0.4, -0.2) is 61.9 Å². The van der Waals surface area contributed by atoms with Crippen LogP contribution in [0.5, 0.6) is 11.5 Å². The third-order valence-corrected chi connectivity index (χ3v) is 7.33. The van der Waals surface area contributed by atoms with E-state index in [1.54, 1.807) is 37.3 Å². The molecule has 1 saturated heterocycles. The van der Waals surface area contributed by atoms with Crippen LogP contribution in [0, 0.1) is 0 Å². The van der Waals surface area contributed by atoms with Gasteiger partial charge in [-0.25, -0.2) is 4.98 Å². The first-order valence-corrected chi connectivity index (χ1v) is 12.5. The molecule has 2 aromatic carbocycles. The Bertz CT molecular complexity index is 1010. The average molecular weight is 470 g/mol. The van der Waals surface area contributed by atoms with Crippen LogP contribution in [0.3, 0.4) is 0 Å². The smallest absolute Gasteiger partial charge is 0.232 e. The lowest BCUT2D eigenvalue weighted by Gasteiger charge is -2.36. The third-order valence-electron chi connectivity index (χ3n) is 5.43. The van der Waals surface area contributed by atoms with Crippen molar-refractivity contribution < 1.29 is 14.3 Å². The zero-order valence-corrected chi connectivity index (χ0v) is 20.0. The maximum absolute atomic E-state index is 12.6. The topological polar surface area (TPSA) is 54.9 Å². The Morgan fingerprint density at radius 3 is 2.22 bits per heavy atom. The fourth-order valence-corrected chi connectivity index (χ4v) is 5.33. The molecule has 0 spiro atoms. The fourth-order valence-electron chi connectivity index (χ4n) is 3.58. The maximum Gasteiger partial charge on any atom is 0.232 e. The summed E-state index contributed by atoms with van der Waals surface area (Å²) >= 11 is 3.26. The molecule has 0 atom stereocenters. The summed E-state index contributed by atoms with van der Waals surface area (Å²) in [5, 5.41) is 3.06. The van der Waals surface area contributed by atoms with Crippen molar-refractivity contribution in [3.05, 3.63) is 59.6 Å². The lowest BCUT2D eigenvalue weighted by molar-refractivity contribution is -0.128. The number of aromatic nitrogens is 1. The maximum atomic E-state index is 12.6. The Morgan fingerprint density at radius 1 is 0.969 bits per heavy atom. The number of carbonyl (C=O) groups excluding carboxylic acids is 1. The van der Waals surface area contributed by atoms with Gasteiger partial charge < -0.3 is 19.3 Å². The second-order valence-electron chi connectivity index (χ2n) is 7.43. The van der Waals surface area contributed by atoms with Crippen molar-refractivity contribution in [1.82, 2.24) is 9.88 Å². The molecule has 168 valence electrons. The zero-order chi connectivity index (χ0) is 22.3. The number of hydrogen-bond acceptors (Lipinski definition) is 7. The first kappa shape index (κ1) is 22.5. The van der Waals surface area contributed by atoms with Crippen molar-refractivity contribution in [3.8, 4) is 22.1 Å². The number of hydrogen-bond donors (Lipinski definition) is 0. The minimum atomic E-state index is 0.204. The lowest BCUT2D eigenvalue weighted by atomic mass is 10.2. The number of amides is 1. The van der Waals surface area contributed by atoms with Gasteiger partial charge in [0.05, 0.1) is 25.7 Å². The molecule has 1 aliphatic heterocycles. The minimum absolute atomic E-state index is 0.204. The Kier molecular flexibility index (Phi) is 7.55. The Labute approximate surface area is 197 Å². The highest BCUT2D eigenvalue weighted by molar-refractivity contribution is 7.99. The van der Waals surface area contributed by atoms with Gasteiger partial charge in [0.2, 0.25) is 5.91 Å². The average Bonchev–Trinajstić information content (AvgIpc) is 3.33. The molecule has 6 nitrogen and oxygen atoms in total. The van der Waals surface area contributed by atoms with Crippen LogP contribution in [0.4, 0.5) is 5.69 Å². The summed E-state index contributed by atoms with van der Waals surface area (Å²) in [6.07, 6.45) is 0. The predicted molar refractivity (Wildman–Crippen MR) is 132 cm³/mol. The molecule has 32 heavy (non-hydrogen) atoms. The highest BCUT2D eigenvalue weighted by atomic mass is 32.2. The summed E-state index contributed by atoms with van der Waals surface area (Å²) < 4.78 is 10.4. The third kappa shape index (κ3) is 5.55. The molecule has 1 aliphatic rings. The predicted octanol–water partition coefficient (Wildman–Crippen LogP) is 4.41. The Hall–Kier alpha value is -2.71. The van der Waals surface area contributed by atoms with Crippen molar-refractivity contribution in [1.29, 1.82) is 0 Å². The van der Waals surface area contributed by atoms with Gasteiger partial charge in [0.25, 0.3) is 0 Å². The Morgan fingerprint density at radius 2 is 1.59 bits per heavy atom. The molecule has 1 fully saturated rings. The first-order valence-electron chi connectivity index (χ1n) is 10.5. The number of thioether (sulfide) groups is 1. The zero-order valence-electron chi connectivity index (χ0n) is 18.3. The molecule has 0 saturated carbocycles. The molecule has 1 aromatic heterocycles. The van der Waals surface area contributed by atoms with Crippen molar-refractivity contribution in [2.75, 3.05) is 51.1 Å². The van der Waals surface area contributed by atoms with Gasteiger partial charge >= 0.3 is 0 Å². The molecule has 0 unspecified atom stereocenters. The fraction of sp³-hybridized carbons (Fsp3) is 0.333. The number of piperazine rings is 1. The van der Waals surface area contributed by atoms with E-state index < -0.39 is 0 Å². The van der Waals surface area contributed by atoms with E-state index in [1.165, 1.54) is 5.69 Å². The molecular weight excluding hydrogens is 442 g/mol. The number of ether oxygens (including phenoxy) is 2. The molecule has 3 aromatic rings. The largest absolute Gasteiger partial charge is 0.497 e. The molecule has 0 aliphatic carbocycles. The van der Waals surface area contributed by atoms with E-state index >= 15 is 0 Å². The molecule has 4 rings (SSSR count). The molecule has 8 heteroatoms. The van der Waals surface area contributed by atoms with Gasteiger partial charge in [-0.1, -0.05) is 0 Å².